The van der Waals surface area contributed by atoms with E-state index in [0.29, 0.717) is 11.4 Å². The van der Waals surface area contributed by atoms with Crippen LogP contribution < -0.4 is 0 Å². The maximum Gasteiger partial charge on any atom is 0.186 e. The van der Waals surface area contributed by atoms with Gasteiger partial charge in [-0.25, -0.2) is 18.4 Å². The second-order valence-electron chi connectivity index (χ2n) is 6.60. The molecule has 27 heavy (non-hydrogen) atoms. The van der Waals surface area contributed by atoms with Crippen LogP contribution in [0.25, 0.3) is 22.8 Å². The number of unbranched alkanes of at least 4 members (excludes halogenated alkanes) is 3. The zero-order chi connectivity index (χ0) is 19.4. The van der Waals surface area contributed by atoms with Crippen molar-refractivity contribution in [1.29, 1.82) is 0 Å². The number of halogens is 3. The van der Waals surface area contributed by atoms with Crippen molar-refractivity contribution >= 4 is 11.6 Å². The molecular formula is C21H22ClF2N3. The number of aromatic nitrogens is 3. The predicted octanol–water partition coefficient (Wildman–Crippen LogP) is 6.20. The Morgan fingerprint density at radius 3 is 2.59 bits per heavy atom. The molecule has 3 rings (SSSR count). The molecule has 0 N–H and O–H groups in total. The molecule has 0 radical (unpaired) electrons. The Kier molecular flexibility index (Phi) is 6.22. The van der Waals surface area contributed by atoms with Gasteiger partial charge in [-0.15, -0.1) is 0 Å². The molecule has 3 nitrogen and oxygen atoms in total. The third kappa shape index (κ3) is 4.35. The van der Waals surface area contributed by atoms with Crippen LogP contribution in [0.5, 0.6) is 0 Å². The molecule has 0 aliphatic carbocycles. The number of aryl methyl sites for hydroxylation is 2. The topological polar surface area (TPSA) is 30.7 Å². The van der Waals surface area contributed by atoms with E-state index < -0.39 is 5.82 Å². The summed E-state index contributed by atoms with van der Waals surface area (Å²) in [7, 11) is 1.66. The third-order valence-corrected chi connectivity index (χ3v) is 4.86. The third-order valence-electron chi connectivity index (χ3n) is 4.54. The lowest BCUT2D eigenvalue weighted by Gasteiger charge is -2.06. The van der Waals surface area contributed by atoms with E-state index in [1.165, 1.54) is 35.7 Å². The summed E-state index contributed by atoms with van der Waals surface area (Å²) < 4.78 is 30.1. The quantitative estimate of drug-likeness (QED) is 0.450. The summed E-state index contributed by atoms with van der Waals surface area (Å²) in [6.07, 6.45) is 5.48. The van der Waals surface area contributed by atoms with Gasteiger partial charge in [-0.1, -0.05) is 49.9 Å². The number of hydrogen-bond acceptors (Lipinski definition) is 2. The molecule has 142 valence electrons. The second kappa shape index (κ2) is 8.61. The average Bonchev–Trinajstić information content (AvgIpc) is 3.01. The first kappa shape index (κ1) is 19.5. The van der Waals surface area contributed by atoms with Gasteiger partial charge >= 0.3 is 0 Å². The van der Waals surface area contributed by atoms with Crippen LogP contribution in [0.3, 0.4) is 0 Å². The van der Waals surface area contributed by atoms with Gasteiger partial charge in [0.05, 0.1) is 16.1 Å². The van der Waals surface area contributed by atoms with Gasteiger partial charge in [-0.2, -0.15) is 5.10 Å². The maximum absolute atomic E-state index is 14.5. The summed E-state index contributed by atoms with van der Waals surface area (Å²) in [4.78, 5) is 4.37. The normalized spacial score (nSPS) is 11.1. The number of benzene rings is 2. The standard InChI is InChI=1S/C21H22ClF2N3/c1-3-4-5-6-8-14-11-12-17(23)15(13-14)21-25-20(26-27(21)2)19-16(22)9-7-10-18(19)24/h7,9-13H,3-6,8H2,1-2H3. The Bertz CT molecular complexity index is 917. The van der Waals surface area contributed by atoms with E-state index in [1.54, 1.807) is 25.2 Å². The van der Waals surface area contributed by atoms with E-state index in [2.05, 4.69) is 17.0 Å². The molecule has 0 spiro atoms. The smallest absolute Gasteiger partial charge is 0.186 e. The molecule has 0 saturated carbocycles. The SMILES string of the molecule is CCCCCCc1ccc(F)c(-c2nc(-c3c(F)cccc3Cl)nn2C)c1. The van der Waals surface area contributed by atoms with Gasteiger partial charge in [0.15, 0.2) is 11.6 Å². The number of rotatable bonds is 7. The lowest BCUT2D eigenvalue weighted by atomic mass is 10.0. The van der Waals surface area contributed by atoms with Crippen LogP contribution in [-0.4, -0.2) is 14.8 Å². The van der Waals surface area contributed by atoms with Crippen LogP contribution in [0, 0.1) is 11.6 Å². The van der Waals surface area contributed by atoms with E-state index in [1.807, 2.05) is 0 Å². The largest absolute Gasteiger partial charge is 0.248 e. The molecule has 0 amide bonds. The molecule has 1 heterocycles. The molecule has 0 aliphatic rings. The molecule has 0 atom stereocenters. The van der Waals surface area contributed by atoms with Crippen molar-refractivity contribution in [2.24, 2.45) is 7.05 Å². The predicted molar refractivity (Wildman–Crippen MR) is 105 cm³/mol. The van der Waals surface area contributed by atoms with Crippen molar-refractivity contribution in [3.8, 4) is 22.8 Å². The van der Waals surface area contributed by atoms with Crippen molar-refractivity contribution < 1.29 is 8.78 Å². The molecule has 0 aliphatic heterocycles. The van der Waals surface area contributed by atoms with E-state index >= 15 is 0 Å². The van der Waals surface area contributed by atoms with Gasteiger partial charge in [0.1, 0.15) is 11.6 Å². The van der Waals surface area contributed by atoms with Crippen LogP contribution in [0.15, 0.2) is 36.4 Å². The Hall–Kier alpha value is -2.27. The first-order chi connectivity index (χ1) is 13.0. The van der Waals surface area contributed by atoms with Crippen LogP contribution in [0.4, 0.5) is 8.78 Å². The minimum absolute atomic E-state index is 0.122. The summed E-state index contributed by atoms with van der Waals surface area (Å²) in [5, 5.41) is 4.47. The highest BCUT2D eigenvalue weighted by Gasteiger charge is 2.19. The summed E-state index contributed by atoms with van der Waals surface area (Å²) in [6.45, 7) is 2.17. The number of hydrogen-bond donors (Lipinski definition) is 0. The average molecular weight is 390 g/mol. The summed E-state index contributed by atoms with van der Waals surface area (Å²) >= 11 is 6.11. The maximum atomic E-state index is 14.5. The molecule has 2 aromatic carbocycles. The van der Waals surface area contributed by atoms with Gasteiger partial charge in [0.2, 0.25) is 0 Å². The summed E-state index contributed by atoms with van der Waals surface area (Å²) in [5.74, 6) is -0.403. The van der Waals surface area contributed by atoms with E-state index in [0.717, 1.165) is 24.8 Å². The van der Waals surface area contributed by atoms with Gasteiger partial charge in [0, 0.05) is 7.05 Å². The summed E-state index contributed by atoms with van der Waals surface area (Å²) in [5.41, 5.74) is 1.53. The fourth-order valence-corrected chi connectivity index (χ4v) is 3.34. The second-order valence-corrected chi connectivity index (χ2v) is 7.01. The van der Waals surface area contributed by atoms with Crippen LogP contribution in [0.2, 0.25) is 5.02 Å². The fraction of sp³-hybridized carbons (Fsp3) is 0.333. The molecular weight excluding hydrogens is 368 g/mol. The molecule has 0 saturated heterocycles. The Morgan fingerprint density at radius 2 is 1.85 bits per heavy atom. The van der Waals surface area contributed by atoms with Crippen LogP contribution >= 0.6 is 11.6 Å². The molecule has 0 bridgehead atoms. The highest BCUT2D eigenvalue weighted by Crippen LogP contribution is 2.31. The minimum atomic E-state index is -0.509. The first-order valence-corrected chi connectivity index (χ1v) is 9.53. The zero-order valence-electron chi connectivity index (χ0n) is 15.5. The van der Waals surface area contributed by atoms with Gasteiger partial charge in [0.25, 0.3) is 0 Å². The van der Waals surface area contributed by atoms with Gasteiger partial charge in [-0.3, -0.25) is 0 Å². The van der Waals surface area contributed by atoms with E-state index in [4.69, 9.17) is 11.6 Å². The molecule has 3 aromatic rings. The Labute approximate surface area is 163 Å². The highest BCUT2D eigenvalue weighted by atomic mass is 35.5. The monoisotopic (exact) mass is 389 g/mol. The molecule has 6 heteroatoms. The lowest BCUT2D eigenvalue weighted by Crippen LogP contribution is -1.98. The van der Waals surface area contributed by atoms with Gasteiger partial charge in [-0.05, 0) is 42.7 Å². The van der Waals surface area contributed by atoms with Crippen molar-refractivity contribution in [2.75, 3.05) is 0 Å². The molecule has 1 aromatic heterocycles. The summed E-state index contributed by atoms with van der Waals surface area (Å²) in [6, 6.07) is 9.46. The van der Waals surface area contributed by atoms with Crippen molar-refractivity contribution in [3.05, 3.63) is 58.6 Å². The number of nitrogens with zero attached hydrogens (tertiary/aromatic N) is 3. The van der Waals surface area contributed by atoms with Crippen molar-refractivity contribution in [2.45, 2.75) is 39.0 Å². The Balaban J connectivity index is 1.94. The van der Waals surface area contributed by atoms with Crippen LogP contribution in [-0.2, 0) is 13.5 Å². The highest BCUT2D eigenvalue weighted by molar-refractivity contribution is 6.33. The first-order valence-electron chi connectivity index (χ1n) is 9.15. The van der Waals surface area contributed by atoms with E-state index in [9.17, 15) is 8.78 Å². The van der Waals surface area contributed by atoms with Crippen molar-refractivity contribution in [3.63, 3.8) is 0 Å². The van der Waals surface area contributed by atoms with Gasteiger partial charge < -0.3 is 0 Å². The molecule has 0 fully saturated rings. The lowest BCUT2D eigenvalue weighted by molar-refractivity contribution is 0.624. The Morgan fingerprint density at radius 1 is 1.04 bits per heavy atom. The minimum Gasteiger partial charge on any atom is -0.248 e. The molecule has 0 unspecified atom stereocenters. The van der Waals surface area contributed by atoms with Crippen molar-refractivity contribution in [1.82, 2.24) is 14.8 Å². The van der Waals surface area contributed by atoms with Crippen LogP contribution in [0.1, 0.15) is 38.2 Å². The fourth-order valence-electron chi connectivity index (χ4n) is 3.09. The zero-order valence-corrected chi connectivity index (χ0v) is 16.2. The van der Waals surface area contributed by atoms with E-state index in [-0.39, 0.29) is 22.2 Å².